The fourth-order valence-corrected chi connectivity index (χ4v) is 2.39. The number of nitrogens with zero attached hydrogens (tertiary/aromatic N) is 3. The number of pyridine rings is 1. The van der Waals surface area contributed by atoms with Gasteiger partial charge < -0.3 is 9.88 Å². The van der Waals surface area contributed by atoms with Crippen molar-refractivity contribution in [2.24, 2.45) is 0 Å². The zero-order chi connectivity index (χ0) is 12.5. The molecule has 1 N–H and O–H groups in total. The van der Waals surface area contributed by atoms with E-state index in [-0.39, 0.29) is 5.56 Å². The highest BCUT2D eigenvalue weighted by Crippen LogP contribution is 2.26. The van der Waals surface area contributed by atoms with E-state index in [4.69, 9.17) is 11.6 Å². The van der Waals surface area contributed by atoms with Gasteiger partial charge >= 0.3 is 0 Å². The van der Waals surface area contributed by atoms with Crippen molar-refractivity contribution in [1.29, 1.82) is 0 Å². The Morgan fingerprint density at radius 3 is 3.11 bits per heavy atom. The first-order valence-electron chi connectivity index (χ1n) is 5.66. The minimum absolute atomic E-state index is 0.0863. The van der Waals surface area contributed by atoms with Crippen LogP contribution in [0.1, 0.15) is 11.3 Å². The molecule has 0 aliphatic carbocycles. The van der Waals surface area contributed by atoms with Crippen molar-refractivity contribution in [2.45, 2.75) is 13.0 Å². The van der Waals surface area contributed by atoms with E-state index in [1.165, 1.54) is 6.33 Å². The zero-order valence-electron chi connectivity index (χ0n) is 9.56. The van der Waals surface area contributed by atoms with E-state index in [2.05, 4.69) is 15.0 Å². The molecule has 0 aromatic carbocycles. The van der Waals surface area contributed by atoms with Gasteiger partial charge in [0.15, 0.2) is 0 Å². The van der Waals surface area contributed by atoms with Crippen LogP contribution in [0, 0.1) is 0 Å². The summed E-state index contributed by atoms with van der Waals surface area (Å²) in [7, 11) is 0. The van der Waals surface area contributed by atoms with E-state index >= 15 is 0 Å². The van der Waals surface area contributed by atoms with Gasteiger partial charge in [-0.1, -0.05) is 11.6 Å². The average molecular weight is 263 g/mol. The smallest absolute Gasteiger partial charge is 0.255 e. The summed E-state index contributed by atoms with van der Waals surface area (Å²) in [5.74, 6) is 0.716. The van der Waals surface area contributed by atoms with Gasteiger partial charge in [0.25, 0.3) is 5.56 Å². The Kier molecular flexibility index (Phi) is 2.76. The molecule has 0 saturated heterocycles. The maximum atomic E-state index is 11.8. The summed E-state index contributed by atoms with van der Waals surface area (Å²) >= 11 is 6.12. The second-order valence-corrected chi connectivity index (χ2v) is 4.54. The molecule has 0 spiro atoms. The number of aromatic amines is 1. The number of aromatic nitrogens is 3. The molecule has 0 saturated carbocycles. The molecule has 0 radical (unpaired) electrons. The summed E-state index contributed by atoms with van der Waals surface area (Å²) in [5, 5.41) is 0.598. The molecule has 92 valence electrons. The van der Waals surface area contributed by atoms with Crippen LogP contribution in [-0.2, 0) is 13.0 Å². The lowest BCUT2D eigenvalue weighted by molar-refractivity contribution is 0.689. The van der Waals surface area contributed by atoms with Crippen molar-refractivity contribution >= 4 is 17.4 Å². The number of H-pyrrole nitrogens is 1. The molecule has 6 heteroatoms. The number of nitrogens with one attached hydrogen (secondary N) is 1. The highest BCUT2D eigenvalue weighted by Gasteiger charge is 2.22. The van der Waals surface area contributed by atoms with Crippen LogP contribution < -0.4 is 10.5 Å². The van der Waals surface area contributed by atoms with Crippen molar-refractivity contribution in [3.8, 4) is 0 Å². The number of hydrogen-bond acceptors (Lipinski definition) is 4. The normalized spacial score (nSPS) is 14.4. The van der Waals surface area contributed by atoms with Crippen molar-refractivity contribution in [3.63, 3.8) is 0 Å². The van der Waals surface area contributed by atoms with Gasteiger partial charge in [-0.2, -0.15) is 0 Å². The largest absolute Gasteiger partial charge is 0.350 e. The van der Waals surface area contributed by atoms with Crippen LogP contribution >= 0.6 is 11.6 Å². The lowest BCUT2D eigenvalue weighted by Crippen LogP contribution is -2.36. The number of halogens is 1. The molecular formula is C12H11ClN4O. The van der Waals surface area contributed by atoms with Gasteiger partial charge in [0.1, 0.15) is 5.82 Å². The molecule has 0 fully saturated rings. The Morgan fingerprint density at radius 2 is 2.28 bits per heavy atom. The van der Waals surface area contributed by atoms with Crippen LogP contribution in [-0.4, -0.2) is 21.5 Å². The first-order chi connectivity index (χ1) is 8.75. The Labute approximate surface area is 108 Å². The lowest BCUT2D eigenvalue weighted by atomic mass is 10.1. The Hall–Kier alpha value is -1.88. The van der Waals surface area contributed by atoms with Crippen LogP contribution in [0.4, 0.5) is 5.82 Å². The van der Waals surface area contributed by atoms with Crippen LogP contribution in [0.3, 0.4) is 0 Å². The summed E-state index contributed by atoms with van der Waals surface area (Å²) < 4.78 is 0. The second-order valence-electron chi connectivity index (χ2n) is 4.14. The molecule has 18 heavy (non-hydrogen) atoms. The first-order valence-corrected chi connectivity index (χ1v) is 6.04. The second kappa shape index (κ2) is 4.42. The van der Waals surface area contributed by atoms with Gasteiger partial charge in [-0.3, -0.25) is 4.79 Å². The molecule has 1 aliphatic heterocycles. The standard InChI is InChI=1S/C12H11ClN4O/c13-9-2-1-4-14-11(9)17-5-3-10-8(6-17)12(18)16-7-15-10/h1-2,4,7H,3,5-6H2,(H,15,16,18). The minimum atomic E-state index is -0.0863. The van der Waals surface area contributed by atoms with E-state index in [0.717, 1.165) is 18.7 Å². The number of hydrogen-bond donors (Lipinski definition) is 1. The molecule has 2 aromatic heterocycles. The average Bonchev–Trinajstić information content (AvgIpc) is 2.40. The SMILES string of the molecule is O=c1[nH]cnc2c1CN(c1ncccc1Cl)CC2. The third kappa shape index (κ3) is 1.86. The van der Waals surface area contributed by atoms with Crippen LogP contribution in [0.2, 0.25) is 5.02 Å². The lowest BCUT2D eigenvalue weighted by Gasteiger charge is -2.28. The molecule has 5 nitrogen and oxygen atoms in total. The van der Waals surface area contributed by atoms with Gasteiger partial charge in [0.2, 0.25) is 0 Å². The summed E-state index contributed by atoms with van der Waals surface area (Å²) in [5.41, 5.74) is 1.48. The topological polar surface area (TPSA) is 61.9 Å². The van der Waals surface area contributed by atoms with Crippen molar-refractivity contribution in [2.75, 3.05) is 11.4 Å². The van der Waals surface area contributed by atoms with E-state index in [1.54, 1.807) is 18.3 Å². The molecule has 1 aliphatic rings. The quantitative estimate of drug-likeness (QED) is 0.843. The summed E-state index contributed by atoms with van der Waals surface area (Å²) in [4.78, 5) is 24.8. The highest BCUT2D eigenvalue weighted by molar-refractivity contribution is 6.32. The molecule has 0 unspecified atom stereocenters. The minimum Gasteiger partial charge on any atom is -0.350 e. The Balaban J connectivity index is 1.99. The third-order valence-electron chi connectivity index (χ3n) is 3.04. The molecule has 0 atom stereocenters. The molecule has 0 amide bonds. The maximum Gasteiger partial charge on any atom is 0.255 e. The molecular weight excluding hydrogens is 252 g/mol. The van der Waals surface area contributed by atoms with Crippen LogP contribution in [0.25, 0.3) is 0 Å². The fraction of sp³-hybridized carbons (Fsp3) is 0.250. The van der Waals surface area contributed by atoms with Gasteiger partial charge in [0.05, 0.1) is 29.2 Å². The van der Waals surface area contributed by atoms with E-state index in [0.29, 0.717) is 22.9 Å². The summed E-state index contributed by atoms with van der Waals surface area (Å²) in [6.07, 6.45) is 3.88. The number of rotatable bonds is 1. The van der Waals surface area contributed by atoms with Crippen molar-refractivity contribution in [1.82, 2.24) is 15.0 Å². The highest BCUT2D eigenvalue weighted by atomic mass is 35.5. The molecule has 3 rings (SSSR count). The van der Waals surface area contributed by atoms with Gasteiger partial charge in [-0.05, 0) is 12.1 Å². The Bertz CT molecular complexity index is 640. The van der Waals surface area contributed by atoms with Crippen LogP contribution in [0.15, 0.2) is 29.5 Å². The van der Waals surface area contributed by atoms with Gasteiger partial charge in [-0.25, -0.2) is 9.97 Å². The third-order valence-corrected chi connectivity index (χ3v) is 3.34. The molecule has 0 bridgehead atoms. The number of anilines is 1. The number of fused-ring (bicyclic) bond motifs is 1. The zero-order valence-corrected chi connectivity index (χ0v) is 10.3. The predicted octanol–water partition coefficient (Wildman–Crippen LogP) is 1.38. The van der Waals surface area contributed by atoms with E-state index < -0.39 is 0 Å². The first kappa shape index (κ1) is 11.2. The van der Waals surface area contributed by atoms with Gasteiger partial charge in [-0.15, -0.1) is 0 Å². The summed E-state index contributed by atoms with van der Waals surface area (Å²) in [6, 6.07) is 3.59. The van der Waals surface area contributed by atoms with Gasteiger partial charge in [0, 0.05) is 19.2 Å². The predicted molar refractivity (Wildman–Crippen MR) is 68.9 cm³/mol. The van der Waals surface area contributed by atoms with E-state index in [1.807, 2.05) is 4.90 Å². The van der Waals surface area contributed by atoms with Crippen molar-refractivity contribution in [3.05, 3.63) is 51.3 Å². The summed E-state index contributed by atoms with van der Waals surface area (Å²) in [6.45, 7) is 1.26. The van der Waals surface area contributed by atoms with E-state index in [9.17, 15) is 4.79 Å². The fourth-order valence-electron chi connectivity index (χ4n) is 2.15. The molecule has 2 aromatic rings. The monoisotopic (exact) mass is 262 g/mol. The Morgan fingerprint density at radius 1 is 1.39 bits per heavy atom. The molecule has 3 heterocycles. The van der Waals surface area contributed by atoms with Crippen LogP contribution in [0.5, 0.6) is 0 Å². The van der Waals surface area contributed by atoms with Crippen molar-refractivity contribution < 1.29 is 0 Å². The maximum absolute atomic E-state index is 11.8.